The summed E-state index contributed by atoms with van der Waals surface area (Å²) in [6.07, 6.45) is 6.53. The Kier molecular flexibility index (Phi) is 8.94. The van der Waals surface area contributed by atoms with Gasteiger partial charge >= 0.3 is 0 Å². The van der Waals surface area contributed by atoms with E-state index in [4.69, 9.17) is 0 Å². The molecule has 1 unspecified atom stereocenters. The Morgan fingerprint density at radius 3 is 1.48 bits per heavy atom. The van der Waals surface area contributed by atoms with Crippen LogP contribution in [0.3, 0.4) is 0 Å². The Morgan fingerprint density at radius 1 is 0.296 bits per heavy atom. The summed E-state index contributed by atoms with van der Waals surface area (Å²) >= 11 is 0. The Hall–Kier alpha value is -8.26. The summed E-state index contributed by atoms with van der Waals surface area (Å²) in [5, 5.41) is 5.12. The minimum absolute atomic E-state index is 0.530. The Bertz CT molecular complexity index is 3890. The molecule has 1 saturated carbocycles. The van der Waals surface area contributed by atoms with E-state index in [-0.39, 0.29) is 0 Å². The topological polar surface area (TPSA) is 3.24 Å². The molecule has 1 nitrogen and oxygen atoms in total. The molecule has 71 heavy (non-hydrogen) atoms. The van der Waals surface area contributed by atoms with Crippen LogP contribution in [0, 0.1) is 0 Å². The first kappa shape index (κ1) is 40.6. The minimum atomic E-state index is -0.541. The van der Waals surface area contributed by atoms with Crippen molar-refractivity contribution in [1.82, 2.24) is 0 Å². The average molecular weight is 906 g/mol. The molecular weight excluding hydrogens is 855 g/mol. The van der Waals surface area contributed by atoms with Crippen LogP contribution in [-0.2, 0) is 10.8 Å². The first-order valence-electron chi connectivity index (χ1n) is 25.8. The maximum Gasteiger partial charge on any atom is 0.0726 e. The second-order valence-corrected chi connectivity index (χ2v) is 20.5. The summed E-state index contributed by atoms with van der Waals surface area (Å²) in [5.41, 5.74) is 22.3. The van der Waals surface area contributed by atoms with Gasteiger partial charge in [-0.05, 0) is 160 Å². The zero-order valence-electron chi connectivity index (χ0n) is 39.7. The Morgan fingerprint density at radius 2 is 0.789 bits per heavy atom. The SMILES string of the molecule is c1ccc(C2(c3ccccc3)c3ccccc3-c3ccc(N(c4ccc5c(c4)C4(c6ccccc6-5)c5ccc(C6CCCCC6)cc5-c5cccc6cccc4c56)c4ccc5ccccc5c4)cc32)cc1. The molecule has 0 aromatic heterocycles. The molecular formula is C70H51N. The largest absolute Gasteiger partial charge is 0.310 e. The quantitative estimate of drug-likeness (QED) is 0.161. The number of anilines is 3. The predicted octanol–water partition coefficient (Wildman–Crippen LogP) is 18.2. The van der Waals surface area contributed by atoms with Crippen molar-refractivity contribution in [3.8, 4) is 33.4 Å². The molecule has 0 amide bonds. The highest BCUT2D eigenvalue weighted by molar-refractivity contribution is 6.07. The van der Waals surface area contributed by atoms with Crippen LogP contribution in [0.2, 0.25) is 0 Å². The van der Waals surface area contributed by atoms with E-state index in [1.54, 1.807) is 0 Å². The molecule has 1 spiro atoms. The number of hydrogen-bond acceptors (Lipinski definition) is 1. The average Bonchev–Trinajstić information content (AvgIpc) is 3.91. The van der Waals surface area contributed by atoms with Gasteiger partial charge in [0.25, 0.3) is 0 Å². The fourth-order valence-electron chi connectivity index (χ4n) is 14.1. The van der Waals surface area contributed by atoms with Crippen LogP contribution in [0.1, 0.15) is 88.1 Å². The lowest BCUT2D eigenvalue weighted by molar-refractivity contribution is 0.443. The standard InChI is InChI=1S/C70H51N/c1-4-18-46(19-5-1)50-35-41-64-61(43-50)60-30-16-22-48-23-17-33-65(68(48)60)70(64)63-32-15-13-29-57(63)59-40-38-55(45-67(59)70)71(53-36-34-47-20-10-11-21-49(47)42-53)54-37-39-58-56-28-12-14-31-62(56)69(66(58)44-54,51-24-6-2-7-25-51)52-26-8-3-9-27-52/h2-3,6-17,20-46H,1,4-5,18-19H2. The second-order valence-electron chi connectivity index (χ2n) is 20.5. The number of fused-ring (bicyclic) bond motifs is 13. The lowest BCUT2D eigenvalue weighted by atomic mass is 9.61. The van der Waals surface area contributed by atoms with Gasteiger partial charge in [0, 0.05) is 17.1 Å². The summed E-state index contributed by atoms with van der Waals surface area (Å²) < 4.78 is 0. The van der Waals surface area contributed by atoms with Gasteiger partial charge in [0.2, 0.25) is 0 Å². The maximum absolute atomic E-state index is 2.61. The van der Waals surface area contributed by atoms with Crippen LogP contribution >= 0.6 is 0 Å². The van der Waals surface area contributed by atoms with Gasteiger partial charge in [-0.3, -0.25) is 0 Å². The number of nitrogens with zero attached hydrogens (tertiary/aromatic N) is 1. The van der Waals surface area contributed by atoms with E-state index in [9.17, 15) is 0 Å². The molecule has 1 fully saturated rings. The van der Waals surface area contributed by atoms with Crippen LogP contribution in [0.4, 0.5) is 17.1 Å². The second kappa shape index (κ2) is 15.6. The van der Waals surface area contributed by atoms with Gasteiger partial charge in [-0.15, -0.1) is 0 Å². The van der Waals surface area contributed by atoms with Crippen molar-refractivity contribution in [2.45, 2.75) is 48.9 Å². The lowest BCUT2D eigenvalue weighted by Crippen LogP contribution is -2.32. The molecule has 11 aromatic rings. The summed E-state index contributed by atoms with van der Waals surface area (Å²) in [6, 6.07) is 92.9. The van der Waals surface area contributed by atoms with Crippen LogP contribution in [-0.4, -0.2) is 0 Å². The highest BCUT2D eigenvalue weighted by Crippen LogP contribution is 2.63. The van der Waals surface area contributed by atoms with Crippen molar-refractivity contribution < 1.29 is 0 Å². The van der Waals surface area contributed by atoms with Gasteiger partial charge < -0.3 is 4.90 Å². The molecule has 336 valence electrons. The predicted molar refractivity (Wildman–Crippen MR) is 296 cm³/mol. The van der Waals surface area contributed by atoms with E-state index in [0.29, 0.717) is 5.92 Å². The third kappa shape index (κ3) is 5.69. The van der Waals surface area contributed by atoms with Crippen LogP contribution in [0.25, 0.3) is 54.9 Å². The van der Waals surface area contributed by atoms with Gasteiger partial charge in [-0.25, -0.2) is 0 Å². The van der Waals surface area contributed by atoms with E-state index in [0.717, 1.165) is 17.1 Å². The van der Waals surface area contributed by atoms with Crippen molar-refractivity contribution in [3.63, 3.8) is 0 Å². The van der Waals surface area contributed by atoms with Gasteiger partial charge in [-0.2, -0.15) is 0 Å². The van der Waals surface area contributed by atoms with Gasteiger partial charge in [-0.1, -0.05) is 226 Å². The summed E-state index contributed by atoms with van der Waals surface area (Å²) in [6.45, 7) is 0. The molecule has 15 rings (SSSR count). The van der Waals surface area contributed by atoms with Crippen molar-refractivity contribution >= 4 is 38.6 Å². The number of hydrogen-bond donors (Lipinski definition) is 0. The van der Waals surface area contributed by atoms with Crippen molar-refractivity contribution in [2.24, 2.45) is 0 Å². The van der Waals surface area contributed by atoms with Crippen LogP contribution in [0.15, 0.2) is 243 Å². The van der Waals surface area contributed by atoms with E-state index >= 15 is 0 Å². The molecule has 4 aliphatic carbocycles. The molecule has 0 radical (unpaired) electrons. The smallest absolute Gasteiger partial charge is 0.0726 e. The van der Waals surface area contributed by atoms with E-state index in [2.05, 4.69) is 248 Å². The first-order chi connectivity index (χ1) is 35.2. The molecule has 0 heterocycles. The van der Waals surface area contributed by atoms with Crippen molar-refractivity contribution in [2.75, 3.05) is 4.90 Å². The molecule has 0 saturated heterocycles. The Balaban J connectivity index is 1.01. The normalized spacial score (nSPS) is 16.8. The molecule has 0 aliphatic heterocycles. The van der Waals surface area contributed by atoms with E-state index in [1.165, 1.54) is 137 Å². The fraction of sp³-hybridized carbons (Fsp3) is 0.114. The highest BCUT2D eigenvalue weighted by Gasteiger charge is 2.51. The van der Waals surface area contributed by atoms with E-state index < -0.39 is 10.8 Å². The van der Waals surface area contributed by atoms with Crippen molar-refractivity contribution in [3.05, 3.63) is 293 Å². The van der Waals surface area contributed by atoms with Gasteiger partial charge in [0.05, 0.1) is 10.8 Å². The zero-order valence-corrected chi connectivity index (χ0v) is 39.7. The Labute approximate surface area is 416 Å². The van der Waals surface area contributed by atoms with Gasteiger partial charge in [0.1, 0.15) is 0 Å². The maximum atomic E-state index is 2.61. The summed E-state index contributed by atoms with van der Waals surface area (Å²) in [5.74, 6) is 0.606. The third-order valence-corrected chi connectivity index (χ3v) is 17.1. The van der Waals surface area contributed by atoms with Crippen LogP contribution in [0.5, 0.6) is 0 Å². The molecule has 4 aliphatic rings. The summed E-state index contributed by atoms with van der Waals surface area (Å²) in [7, 11) is 0. The molecule has 0 bridgehead atoms. The minimum Gasteiger partial charge on any atom is -0.310 e. The van der Waals surface area contributed by atoms with Crippen LogP contribution < -0.4 is 4.90 Å². The highest BCUT2D eigenvalue weighted by atomic mass is 15.1. The first-order valence-corrected chi connectivity index (χ1v) is 25.8. The van der Waals surface area contributed by atoms with E-state index in [1.807, 2.05) is 0 Å². The zero-order chi connectivity index (χ0) is 46.7. The molecule has 1 heteroatoms. The third-order valence-electron chi connectivity index (χ3n) is 17.1. The summed E-state index contributed by atoms with van der Waals surface area (Å²) in [4.78, 5) is 2.54. The van der Waals surface area contributed by atoms with Crippen molar-refractivity contribution in [1.29, 1.82) is 0 Å². The monoisotopic (exact) mass is 905 g/mol. The molecule has 0 N–H and O–H groups in total. The number of benzene rings is 11. The van der Waals surface area contributed by atoms with Gasteiger partial charge in [0.15, 0.2) is 0 Å². The number of rotatable bonds is 6. The fourth-order valence-corrected chi connectivity index (χ4v) is 14.1. The molecule has 11 aromatic carbocycles. The lowest BCUT2D eigenvalue weighted by Gasteiger charge is -2.41. The molecule has 1 atom stereocenters.